The molecule has 0 bridgehead atoms. The Bertz CT molecular complexity index is 543. The molecule has 1 amide bonds. The molecule has 5 nitrogen and oxygen atoms in total. The van der Waals surface area contributed by atoms with Gasteiger partial charge in [0.15, 0.2) is 6.61 Å². The quantitative estimate of drug-likeness (QED) is 0.892. The second-order valence-corrected chi connectivity index (χ2v) is 3.71. The molecule has 1 N–H and O–H groups in total. The maximum atomic E-state index is 11.7. The Balaban J connectivity index is 1.91. The summed E-state index contributed by atoms with van der Waals surface area (Å²) in [4.78, 5) is 15.7. The number of benzene rings is 1. The highest BCUT2D eigenvalue weighted by Crippen LogP contribution is 2.22. The van der Waals surface area contributed by atoms with Gasteiger partial charge in [0.25, 0.3) is 5.91 Å². The first-order chi connectivity index (χ1) is 9.29. The van der Waals surface area contributed by atoms with Gasteiger partial charge < -0.3 is 14.8 Å². The summed E-state index contributed by atoms with van der Waals surface area (Å²) >= 11 is 0. The molecule has 0 saturated heterocycles. The standard InChI is InChI=1S/C14H14N2O3/c1-18-12-7-3-2-6-11(12)16-13(17)10-19-14-8-4-5-9-15-14/h2-9H,10H2,1H3,(H,16,17). The van der Waals surface area contributed by atoms with Crippen molar-refractivity contribution >= 4 is 11.6 Å². The van der Waals surface area contributed by atoms with Gasteiger partial charge in [0, 0.05) is 12.3 Å². The van der Waals surface area contributed by atoms with E-state index in [1.54, 1.807) is 43.6 Å². The first kappa shape index (κ1) is 12.9. The fourth-order valence-electron chi connectivity index (χ4n) is 1.51. The Kier molecular flexibility index (Phi) is 4.34. The van der Waals surface area contributed by atoms with E-state index in [4.69, 9.17) is 9.47 Å². The number of ether oxygens (including phenoxy) is 2. The molecule has 2 rings (SSSR count). The maximum Gasteiger partial charge on any atom is 0.262 e. The first-order valence-electron chi connectivity index (χ1n) is 5.76. The predicted molar refractivity (Wildman–Crippen MR) is 71.4 cm³/mol. The van der Waals surface area contributed by atoms with Crippen LogP contribution in [0.2, 0.25) is 0 Å². The van der Waals surface area contributed by atoms with Crippen molar-refractivity contribution in [3.05, 3.63) is 48.7 Å². The van der Waals surface area contributed by atoms with E-state index in [2.05, 4.69) is 10.3 Å². The molecule has 0 unspecified atom stereocenters. The molecule has 0 aliphatic carbocycles. The normalized spacial score (nSPS) is 9.74. The molecule has 19 heavy (non-hydrogen) atoms. The molecule has 98 valence electrons. The Morgan fingerprint density at radius 3 is 2.74 bits per heavy atom. The van der Waals surface area contributed by atoms with Gasteiger partial charge in [-0.25, -0.2) is 4.98 Å². The monoisotopic (exact) mass is 258 g/mol. The predicted octanol–water partition coefficient (Wildman–Crippen LogP) is 2.11. The molecule has 1 aromatic carbocycles. The molecule has 5 heteroatoms. The van der Waals surface area contributed by atoms with Gasteiger partial charge in [-0.1, -0.05) is 18.2 Å². The topological polar surface area (TPSA) is 60.5 Å². The SMILES string of the molecule is COc1ccccc1NC(=O)COc1ccccn1. The number of anilines is 1. The van der Waals surface area contributed by atoms with Crippen LogP contribution >= 0.6 is 0 Å². The van der Waals surface area contributed by atoms with Gasteiger partial charge in [0.1, 0.15) is 5.75 Å². The number of hydrogen-bond donors (Lipinski definition) is 1. The summed E-state index contributed by atoms with van der Waals surface area (Å²) in [6.45, 7) is -0.102. The zero-order chi connectivity index (χ0) is 13.5. The van der Waals surface area contributed by atoms with E-state index in [1.165, 1.54) is 0 Å². The summed E-state index contributed by atoms with van der Waals surface area (Å²) < 4.78 is 10.4. The number of amides is 1. The number of para-hydroxylation sites is 2. The number of methoxy groups -OCH3 is 1. The van der Waals surface area contributed by atoms with Crippen LogP contribution in [0.15, 0.2) is 48.7 Å². The summed E-state index contributed by atoms with van der Waals surface area (Å²) in [5.74, 6) is 0.751. The van der Waals surface area contributed by atoms with Crippen LogP contribution in [0.1, 0.15) is 0 Å². The molecule has 0 radical (unpaired) electrons. The number of pyridine rings is 1. The van der Waals surface area contributed by atoms with E-state index in [-0.39, 0.29) is 12.5 Å². The molecule has 0 fully saturated rings. The van der Waals surface area contributed by atoms with Gasteiger partial charge in [0.2, 0.25) is 5.88 Å². The number of hydrogen-bond acceptors (Lipinski definition) is 4. The summed E-state index contributed by atoms with van der Waals surface area (Å²) in [7, 11) is 1.55. The van der Waals surface area contributed by atoms with Crippen molar-refractivity contribution < 1.29 is 14.3 Å². The van der Waals surface area contributed by atoms with E-state index < -0.39 is 0 Å². The minimum absolute atomic E-state index is 0.102. The van der Waals surface area contributed by atoms with Gasteiger partial charge in [0.05, 0.1) is 12.8 Å². The fraction of sp³-hybridized carbons (Fsp3) is 0.143. The lowest BCUT2D eigenvalue weighted by Gasteiger charge is -2.10. The Hall–Kier alpha value is -2.56. The van der Waals surface area contributed by atoms with E-state index in [9.17, 15) is 4.79 Å². The van der Waals surface area contributed by atoms with Crippen molar-refractivity contribution in [1.82, 2.24) is 4.98 Å². The highest BCUT2D eigenvalue weighted by molar-refractivity contribution is 5.93. The van der Waals surface area contributed by atoms with E-state index in [0.717, 1.165) is 0 Å². The summed E-state index contributed by atoms with van der Waals surface area (Å²) in [5, 5.41) is 2.71. The van der Waals surface area contributed by atoms with E-state index in [1.807, 2.05) is 12.1 Å². The number of nitrogens with zero attached hydrogens (tertiary/aromatic N) is 1. The van der Waals surface area contributed by atoms with Gasteiger partial charge in [-0.2, -0.15) is 0 Å². The van der Waals surface area contributed by atoms with Gasteiger partial charge in [-0.05, 0) is 18.2 Å². The van der Waals surface area contributed by atoms with Crippen molar-refractivity contribution in [3.63, 3.8) is 0 Å². The first-order valence-corrected chi connectivity index (χ1v) is 5.76. The van der Waals surface area contributed by atoms with Crippen molar-refractivity contribution in [2.24, 2.45) is 0 Å². The summed E-state index contributed by atoms with van der Waals surface area (Å²) in [5.41, 5.74) is 0.611. The minimum Gasteiger partial charge on any atom is -0.495 e. The molecule has 0 atom stereocenters. The molecule has 0 aliphatic rings. The van der Waals surface area contributed by atoms with Crippen molar-refractivity contribution in [1.29, 1.82) is 0 Å². The zero-order valence-corrected chi connectivity index (χ0v) is 10.5. The molecule has 1 heterocycles. The van der Waals surface area contributed by atoms with E-state index in [0.29, 0.717) is 17.3 Å². The fourth-order valence-corrected chi connectivity index (χ4v) is 1.51. The molecular formula is C14H14N2O3. The highest BCUT2D eigenvalue weighted by atomic mass is 16.5. The average Bonchev–Trinajstić information content (AvgIpc) is 2.47. The Morgan fingerprint density at radius 2 is 2.00 bits per heavy atom. The zero-order valence-electron chi connectivity index (χ0n) is 10.5. The van der Waals surface area contributed by atoms with Crippen molar-refractivity contribution in [2.45, 2.75) is 0 Å². The molecular weight excluding hydrogens is 244 g/mol. The van der Waals surface area contributed by atoms with Gasteiger partial charge in [-0.15, -0.1) is 0 Å². The third-order valence-electron chi connectivity index (χ3n) is 2.37. The van der Waals surface area contributed by atoms with Gasteiger partial charge in [-0.3, -0.25) is 4.79 Å². The second kappa shape index (κ2) is 6.39. The van der Waals surface area contributed by atoms with Crippen LogP contribution in [0.5, 0.6) is 11.6 Å². The number of carbonyl (C=O) groups is 1. The van der Waals surface area contributed by atoms with Crippen molar-refractivity contribution in [2.75, 3.05) is 19.0 Å². The molecule has 1 aromatic heterocycles. The van der Waals surface area contributed by atoms with Crippen LogP contribution in [0.3, 0.4) is 0 Å². The second-order valence-electron chi connectivity index (χ2n) is 3.71. The average molecular weight is 258 g/mol. The van der Waals surface area contributed by atoms with E-state index >= 15 is 0 Å². The van der Waals surface area contributed by atoms with Gasteiger partial charge >= 0.3 is 0 Å². The molecule has 2 aromatic rings. The van der Waals surface area contributed by atoms with Crippen LogP contribution in [0.4, 0.5) is 5.69 Å². The van der Waals surface area contributed by atoms with Crippen LogP contribution in [0.25, 0.3) is 0 Å². The third kappa shape index (κ3) is 3.70. The van der Waals surface area contributed by atoms with Crippen LogP contribution in [0, 0.1) is 0 Å². The minimum atomic E-state index is -0.268. The lowest BCUT2D eigenvalue weighted by molar-refractivity contribution is -0.118. The molecule has 0 spiro atoms. The largest absolute Gasteiger partial charge is 0.495 e. The number of nitrogens with one attached hydrogen (secondary N) is 1. The number of carbonyl (C=O) groups excluding carboxylic acids is 1. The lowest BCUT2D eigenvalue weighted by Crippen LogP contribution is -2.20. The highest BCUT2D eigenvalue weighted by Gasteiger charge is 2.07. The van der Waals surface area contributed by atoms with Crippen LogP contribution in [-0.2, 0) is 4.79 Å². The molecule has 0 aliphatic heterocycles. The number of rotatable bonds is 5. The Morgan fingerprint density at radius 1 is 1.21 bits per heavy atom. The summed E-state index contributed by atoms with van der Waals surface area (Å²) in [6.07, 6.45) is 1.60. The maximum absolute atomic E-state index is 11.7. The van der Waals surface area contributed by atoms with Crippen molar-refractivity contribution in [3.8, 4) is 11.6 Å². The number of aromatic nitrogens is 1. The van der Waals surface area contributed by atoms with Crippen LogP contribution in [-0.4, -0.2) is 24.6 Å². The Labute approximate surface area is 111 Å². The van der Waals surface area contributed by atoms with Crippen LogP contribution < -0.4 is 14.8 Å². The third-order valence-corrected chi connectivity index (χ3v) is 2.37. The smallest absolute Gasteiger partial charge is 0.262 e. The molecule has 0 saturated carbocycles. The lowest BCUT2D eigenvalue weighted by atomic mass is 10.3. The summed E-state index contributed by atoms with van der Waals surface area (Å²) in [6, 6.07) is 12.4.